The molecule has 3 N–H and O–H groups in total. The number of rotatable bonds is 13. The molecule has 1 aliphatic carbocycles. The number of fused-ring (bicyclic) bond motifs is 2. The van der Waals surface area contributed by atoms with E-state index in [1.54, 1.807) is 35.7 Å². The number of benzene rings is 3. The van der Waals surface area contributed by atoms with Crippen molar-refractivity contribution in [1.82, 2.24) is 39.2 Å². The zero-order valence-corrected chi connectivity index (χ0v) is 41.8. The van der Waals surface area contributed by atoms with Gasteiger partial charge in [0.1, 0.15) is 24.8 Å². The minimum absolute atomic E-state index is 0.191. The van der Waals surface area contributed by atoms with Crippen LogP contribution in [0.4, 0.5) is 28.8 Å². The molecule has 4 aliphatic rings. The zero-order valence-electron chi connectivity index (χ0n) is 39.3. The average molecular weight is 1000 g/mol. The van der Waals surface area contributed by atoms with Crippen molar-refractivity contribution < 1.29 is 18.9 Å². The molecular weight excluding hydrogens is 945 g/mol. The standard InChI is InChI=1S/C50H59BrN11O5P/c1-30-27-39(55-49-52-29-36(51)47(57-49)54-38-14-13-37-35(12-9-31(2)53-37)46(38)68(4,5)66)43(67-34-10-11-34)28-42(30)61-21-18-33(19-22-61)60-25-23-59(24-26-60)20-17-32-7-6-8-40-45(32)58(3)50(65)62(40)41-15-16-44(63)56-48(41)64/h6-9,12-14,27-29,33-34,41H,10-11,15-26H2,1-5H3,(H,56,63,64)(H2,52,54,55,57). The van der Waals surface area contributed by atoms with Gasteiger partial charge in [0.05, 0.1) is 38.5 Å². The Bertz CT molecular complexity index is 3060. The number of ether oxygens (including phenoxy) is 1. The van der Waals surface area contributed by atoms with Crippen molar-refractivity contribution in [2.75, 3.05) is 74.7 Å². The molecule has 6 aromatic rings. The van der Waals surface area contributed by atoms with Crippen LogP contribution in [0.2, 0.25) is 0 Å². The lowest BCUT2D eigenvalue weighted by atomic mass is 10.00. The third kappa shape index (κ3) is 9.42. The summed E-state index contributed by atoms with van der Waals surface area (Å²) in [5, 5.41) is 10.9. The predicted octanol–water partition coefficient (Wildman–Crippen LogP) is 7.14. The number of hydrogen-bond donors (Lipinski definition) is 3. The van der Waals surface area contributed by atoms with Crippen molar-refractivity contribution in [3.05, 3.63) is 92.6 Å². The number of hydrogen-bond acceptors (Lipinski definition) is 13. The van der Waals surface area contributed by atoms with Gasteiger partial charge < -0.3 is 29.7 Å². The van der Waals surface area contributed by atoms with Gasteiger partial charge in [-0.05, 0) is 123 Å². The molecular formula is C50H59BrN11O5P. The number of para-hydroxylation sites is 1. The van der Waals surface area contributed by atoms with Crippen LogP contribution in [-0.2, 0) is 27.6 Å². The molecule has 1 saturated carbocycles. The first kappa shape index (κ1) is 46.1. The molecule has 0 radical (unpaired) electrons. The summed E-state index contributed by atoms with van der Waals surface area (Å²) in [6.07, 6.45) is 7.48. The van der Waals surface area contributed by atoms with Crippen molar-refractivity contribution in [2.24, 2.45) is 7.05 Å². The Morgan fingerprint density at radius 2 is 1.66 bits per heavy atom. The van der Waals surface area contributed by atoms with Gasteiger partial charge >= 0.3 is 5.69 Å². The second-order valence-electron chi connectivity index (χ2n) is 19.2. The van der Waals surface area contributed by atoms with E-state index in [0.29, 0.717) is 34.4 Å². The van der Waals surface area contributed by atoms with E-state index >= 15 is 0 Å². The number of aromatic nitrogens is 5. The quantitative estimate of drug-likeness (QED) is 0.0789. The first-order chi connectivity index (χ1) is 32.7. The lowest BCUT2D eigenvalue weighted by Crippen LogP contribution is -2.53. The van der Waals surface area contributed by atoms with Gasteiger partial charge in [0, 0.05) is 99.7 Å². The fourth-order valence-electron chi connectivity index (χ4n) is 10.4. The molecule has 18 heteroatoms. The van der Waals surface area contributed by atoms with E-state index in [4.69, 9.17) is 9.72 Å². The monoisotopic (exact) mass is 1000 g/mol. The number of piperidine rings is 2. The van der Waals surface area contributed by atoms with Gasteiger partial charge in [0.2, 0.25) is 17.8 Å². The van der Waals surface area contributed by atoms with E-state index in [0.717, 1.165) is 133 Å². The zero-order chi connectivity index (χ0) is 47.4. The summed E-state index contributed by atoms with van der Waals surface area (Å²) in [5.74, 6) is 1.03. The summed E-state index contributed by atoms with van der Waals surface area (Å²) < 4.78 is 24.1. The van der Waals surface area contributed by atoms with E-state index in [1.807, 2.05) is 43.3 Å². The topological polar surface area (TPSA) is 172 Å². The molecule has 356 valence electrons. The van der Waals surface area contributed by atoms with Crippen LogP contribution in [0.25, 0.3) is 21.9 Å². The average Bonchev–Trinajstić information content (AvgIpc) is 4.10. The first-order valence-corrected chi connectivity index (χ1v) is 27.2. The Morgan fingerprint density at radius 3 is 2.40 bits per heavy atom. The number of carbonyl (C=O) groups is 2. The molecule has 3 aromatic heterocycles. The number of imide groups is 1. The van der Waals surface area contributed by atoms with E-state index in [-0.39, 0.29) is 24.1 Å². The highest BCUT2D eigenvalue weighted by atomic mass is 79.9. The number of amides is 2. The van der Waals surface area contributed by atoms with E-state index in [9.17, 15) is 18.9 Å². The van der Waals surface area contributed by atoms with E-state index < -0.39 is 19.1 Å². The summed E-state index contributed by atoms with van der Waals surface area (Å²) in [6.45, 7) is 14.5. The number of aryl methyl sites for hydroxylation is 3. The fraction of sp³-hybridized carbons (Fsp3) is 0.440. The largest absolute Gasteiger partial charge is 0.488 e. The van der Waals surface area contributed by atoms with Crippen molar-refractivity contribution in [1.29, 1.82) is 0 Å². The molecule has 3 aliphatic heterocycles. The number of anilines is 5. The summed E-state index contributed by atoms with van der Waals surface area (Å²) in [5.41, 5.74) is 8.01. The van der Waals surface area contributed by atoms with Crippen LogP contribution < -0.4 is 36.6 Å². The number of nitrogens with one attached hydrogen (secondary N) is 3. The third-order valence-electron chi connectivity index (χ3n) is 14.0. The lowest BCUT2D eigenvalue weighted by molar-refractivity contribution is -0.135. The Balaban J connectivity index is 0.771. The SMILES string of the molecule is Cc1ccc2c(P(C)(C)=O)c(Nc3nc(Nc4cc(C)c(N5CCC(N6CCN(CCc7cccc8c7n(C)c(=O)n8C7CCC(=O)NC7=O)CC6)CC5)cc4OC4CC4)ncc3Br)ccc2n1. The number of halogens is 1. The highest BCUT2D eigenvalue weighted by Gasteiger charge is 2.33. The molecule has 0 bridgehead atoms. The highest BCUT2D eigenvalue weighted by molar-refractivity contribution is 9.10. The van der Waals surface area contributed by atoms with Crippen LogP contribution in [0.1, 0.15) is 61.4 Å². The Kier molecular flexibility index (Phi) is 12.7. The summed E-state index contributed by atoms with van der Waals surface area (Å²) in [6, 6.07) is 17.9. The summed E-state index contributed by atoms with van der Waals surface area (Å²) in [4.78, 5) is 59.9. The minimum atomic E-state index is -2.73. The van der Waals surface area contributed by atoms with Crippen molar-refractivity contribution >= 4 is 91.0 Å². The number of nitrogens with zero attached hydrogens (tertiary/aromatic N) is 8. The second-order valence-corrected chi connectivity index (χ2v) is 23.2. The maximum Gasteiger partial charge on any atom is 0.329 e. The van der Waals surface area contributed by atoms with Gasteiger partial charge in [-0.3, -0.25) is 33.9 Å². The number of pyridine rings is 1. The normalized spacial score (nSPS) is 18.9. The first-order valence-electron chi connectivity index (χ1n) is 23.8. The molecule has 0 spiro atoms. The minimum Gasteiger partial charge on any atom is -0.488 e. The Labute approximate surface area is 404 Å². The Hall–Kier alpha value is -5.61. The summed E-state index contributed by atoms with van der Waals surface area (Å²) in [7, 11) is -0.963. The summed E-state index contributed by atoms with van der Waals surface area (Å²) >= 11 is 3.64. The van der Waals surface area contributed by atoms with Crippen LogP contribution in [0, 0.1) is 13.8 Å². The van der Waals surface area contributed by atoms with E-state index in [2.05, 4.69) is 81.7 Å². The Morgan fingerprint density at radius 1 is 0.882 bits per heavy atom. The maximum absolute atomic E-state index is 13.7. The van der Waals surface area contributed by atoms with Crippen LogP contribution in [0.5, 0.6) is 5.75 Å². The molecule has 1 unspecified atom stereocenters. The van der Waals surface area contributed by atoms with Crippen LogP contribution in [0.3, 0.4) is 0 Å². The lowest BCUT2D eigenvalue weighted by Gasteiger charge is -2.43. The van der Waals surface area contributed by atoms with Gasteiger partial charge in [-0.1, -0.05) is 18.2 Å². The second kappa shape index (κ2) is 18.7. The smallest absolute Gasteiger partial charge is 0.329 e. The molecule has 2 amide bonds. The van der Waals surface area contributed by atoms with Gasteiger partial charge in [-0.2, -0.15) is 4.98 Å². The van der Waals surface area contributed by atoms with Crippen LogP contribution in [-0.4, -0.2) is 117 Å². The molecule has 4 fully saturated rings. The molecule has 3 aromatic carbocycles. The highest BCUT2D eigenvalue weighted by Crippen LogP contribution is 2.43. The molecule has 1 atom stereocenters. The van der Waals surface area contributed by atoms with Crippen LogP contribution >= 0.6 is 23.1 Å². The maximum atomic E-state index is 13.7. The van der Waals surface area contributed by atoms with Crippen LogP contribution in [0.15, 0.2) is 70.1 Å². The van der Waals surface area contributed by atoms with Gasteiger partial charge in [0.25, 0.3) is 0 Å². The number of carbonyl (C=O) groups excluding carboxylic acids is 2. The fourth-order valence-corrected chi connectivity index (χ4v) is 12.1. The van der Waals surface area contributed by atoms with Gasteiger partial charge in [-0.25, -0.2) is 9.78 Å². The number of piperazine rings is 1. The number of imidazole rings is 1. The molecule has 3 saturated heterocycles. The molecule has 10 rings (SSSR count). The van der Waals surface area contributed by atoms with E-state index in [1.165, 1.54) is 5.69 Å². The van der Waals surface area contributed by atoms with Crippen molar-refractivity contribution in [2.45, 2.75) is 77.0 Å². The molecule has 68 heavy (non-hydrogen) atoms. The molecule has 16 nitrogen and oxygen atoms in total. The van der Waals surface area contributed by atoms with Crippen molar-refractivity contribution in [3.8, 4) is 5.75 Å². The van der Waals surface area contributed by atoms with Gasteiger partial charge in [0.15, 0.2) is 0 Å². The third-order valence-corrected chi connectivity index (χ3v) is 16.2. The predicted molar refractivity (Wildman–Crippen MR) is 272 cm³/mol. The van der Waals surface area contributed by atoms with Crippen molar-refractivity contribution in [3.63, 3.8) is 0 Å². The molecule has 6 heterocycles. The van der Waals surface area contributed by atoms with Gasteiger partial charge in [-0.15, -0.1) is 0 Å².